The molecule has 0 bridgehead atoms. The first-order valence-corrected chi connectivity index (χ1v) is 4.24. The van der Waals surface area contributed by atoms with Gasteiger partial charge in [0.25, 0.3) is 0 Å². The fourth-order valence-corrected chi connectivity index (χ4v) is 1.20. The van der Waals surface area contributed by atoms with E-state index in [1.54, 1.807) is 17.7 Å². The molecule has 1 nitrogen and oxygen atoms in total. The fraction of sp³-hybridized carbons (Fsp3) is 0.300. The monoisotopic (exact) mass is 154 g/mol. The maximum atomic E-state index is 10.7. The van der Waals surface area contributed by atoms with Gasteiger partial charge >= 0.3 is 82.1 Å². The minimum atomic E-state index is 0.262. The summed E-state index contributed by atoms with van der Waals surface area (Å²) < 4.78 is 0.262. The molecule has 0 aliphatic rings. The summed E-state index contributed by atoms with van der Waals surface area (Å²) in [6, 6.07) is 8.20. The molecule has 0 saturated carbocycles. The van der Waals surface area contributed by atoms with Gasteiger partial charge in [0.15, 0.2) is 0 Å². The van der Waals surface area contributed by atoms with Crippen LogP contribution in [0.2, 0.25) is 0 Å². The average Bonchev–Trinajstić information content (AvgIpc) is 2.03. The van der Waals surface area contributed by atoms with Crippen LogP contribution in [0.3, 0.4) is 0 Å². The van der Waals surface area contributed by atoms with Crippen molar-refractivity contribution in [1.82, 2.24) is 0 Å². The normalized spacial score (nSPS) is 9.92. The van der Waals surface area contributed by atoms with Crippen molar-refractivity contribution in [2.75, 3.05) is 0 Å². The van der Waals surface area contributed by atoms with E-state index in [1.165, 1.54) is 11.1 Å². The molecule has 0 unspecified atom stereocenters. The molecule has 0 amide bonds. The molecule has 0 spiro atoms. The van der Waals surface area contributed by atoms with Crippen molar-refractivity contribution in [3.05, 3.63) is 35.4 Å². The standard InChI is InChI=1S/C10H11O.Li/c1-9-5-2-3-6-10(9)7-4-8-11;/h2-3,5-6H,4,7H2,1H3;. The number of carbonyl (C=O) groups excluding carboxylic acids is 1. The van der Waals surface area contributed by atoms with Crippen LogP contribution in [0, 0.1) is 6.92 Å². The Labute approximate surface area is 82.4 Å². The Kier molecular flexibility index (Phi) is 3.59. The maximum absolute atomic E-state index is 10.7. The van der Waals surface area contributed by atoms with Gasteiger partial charge in [-0.2, -0.15) is 0 Å². The molecule has 0 aliphatic heterocycles. The van der Waals surface area contributed by atoms with Crippen LogP contribution in [-0.2, 0) is 11.2 Å². The molecule has 0 aliphatic carbocycles. The van der Waals surface area contributed by atoms with Gasteiger partial charge in [0.05, 0.1) is 0 Å². The van der Waals surface area contributed by atoms with E-state index >= 15 is 0 Å². The van der Waals surface area contributed by atoms with Crippen LogP contribution in [0.5, 0.6) is 0 Å². The third-order valence-electron chi connectivity index (χ3n) is 2.01. The van der Waals surface area contributed by atoms with E-state index in [2.05, 4.69) is 19.1 Å². The molecule has 12 heavy (non-hydrogen) atoms. The van der Waals surface area contributed by atoms with Crippen molar-refractivity contribution in [3.63, 3.8) is 0 Å². The Morgan fingerprint density at radius 3 is 2.67 bits per heavy atom. The third kappa shape index (κ3) is 2.85. The number of aryl methyl sites for hydroxylation is 2. The van der Waals surface area contributed by atoms with E-state index in [0.29, 0.717) is 6.42 Å². The van der Waals surface area contributed by atoms with Crippen LogP contribution >= 0.6 is 0 Å². The van der Waals surface area contributed by atoms with E-state index < -0.39 is 0 Å². The molecule has 0 saturated heterocycles. The number of rotatable bonds is 3. The molecule has 1 aromatic carbocycles. The summed E-state index contributed by atoms with van der Waals surface area (Å²) in [5.41, 5.74) is 2.56. The van der Waals surface area contributed by atoms with Crippen molar-refractivity contribution in [2.24, 2.45) is 0 Å². The van der Waals surface area contributed by atoms with Crippen molar-refractivity contribution in [1.29, 1.82) is 0 Å². The number of hydrogen-bond acceptors (Lipinski definition) is 1. The molecule has 0 atom stereocenters. The Hall–Kier alpha value is -0.513. The average molecular weight is 154 g/mol. The van der Waals surface area contributed by atoms with Crippen molar-refractivity contribution >= 4 is 22.2 Å². The summed E-state index contributed by atoms with van der Waals surface area (Å²) in [5.74, 6) is 0. The van der Waals surface area contributed by atoms with Gasteiger partial charge in [-0.3, -0.25) is 0 Å². The van der Waals surface area contributed by atoms with E-state index in [9.17, 15) is 4.79 Å². The summed E-state index contributed by atoms with van der Waals surface area (Å²) in [5, 5.41) is 0. The molecule has 1 rings (SSSR count). The molecule has 0 heterocycles. The number of carbonyl (C=O) groups is 1. The van der Waals surface area contributed by atoms with E-state index in [-0.39, 0.29) is 4.46 Å². The molecule has 0 N–H and O–H groups in total. The second-order valence-electron chi connectivity index (χ2n) is 3.13. The summed E-state index contributed by atoms with van der Waals surface area (Å²) in [4.78, 5) is 10.7. The summed E-state index contributed by atoms with van der Waals surface area (Å²) in [6.07, 6.45) is 1.53. The first kappa shape index (κ1) is 9.57. The van der Waals surface area contributed by atoms with Crippen LogP contribution < -0.4 is 0 Å². The van der Waals surface area contributed by atoms with Crippen LogP contribution in [0.1, 0.15) is 17.5 Å². The Morgan fingerprint density at radius 2 is 2.08 bits per heavy atom. The summed E-state index contributed by atoms with van der Waals surface area (Å²) >= 11 is 1.64. The van der Waals surface area contributed by atoms with Crippen LogP contribution in [0.15, 0.2) is 24.3 Å². The van der Waals surface area contributed by atoms with Gasteiger partial charge in [0, 0.05) is 0 Å². The number of benzene rings is 1. The van der Waals surface area contributed by atoms with Gasteiger partial charge in [-0.25, -0.2) is 0 Å². The summed E-state index contributed by atoms with van der Waals surface area (Å²) in [7, 11) is 0. The van der Waals surface area contributed by atoms with E-state index in [0.717, 1.165) is 6.42 Å². The van der Waals surface area contributed by atoms with Gasteiger partial charge in [0.2, 0.25) is 0 Å². The van der Waals surface area contributed by atoms with Gasteiger partial charge in [-0.1, -0.05) is 0 Å². The topological polar surface area (TPSA) is 17.1 Å². The number of hydrogen-bond donors (Lipinski definition) is 0. The van der Waals surface area contributed by atoms with E-state index in [4.69, 9.17) is 0 Å². The minimum absolute atomic E-state index is 0.262. The third-order valence-corrected chi connectivity index (χ3v) is 2.01. The fourth-order valence-electron chi connectivity index (χ4n) is 1.20. The molecule has 0 radical (unpaired) electrons. The molecule has 2 heteroatoms. The van der Waals surface area contributed by atoms with Gasteiger partial charge in [-0.05, 0) is 0 Å². The molecule has 58 valence electrons. The predicted octanol–water partition coefficient (Wildman–Crippen LogP) is 1.62. The van der Waals surface area contributed by atoms with Crippen molar-refractivity contribution in [2.45, 2.75) is 19.8 Å². The van der Waals surface area contributed by atoms with Crippen LogP contribution in [0.4, 0.5) is 0 Å². The zero-order chi connectivity index (χ0) is 8.97. The van der Waals surface area contributed by atoms with Crippen molar-refractivity contribution < 1.29 is 4.79 Å². The van der Waals surface area contributed by atoms with E-state index in [1.807, 2.05) is 12.1 Å². The SMILES string of the molecule is [Li][C](=O)CCc1ccccc1C. The zero-order valence-corrected chi connectivity index (χ0v) is 7.63. The quantitative estimate of drug-likeness (QED) is 0.604. The molecular formula is C10H11LiO. The summed E-state index contributed by atoms with van der Waals surface area (Å²) in [6.45, 7) is 2.08. The van der Waals surface area contributed by atoms with Crippen molar-refractivity contribution in [3.8, 4) is 0 Å². The van der Waals surface area contributed by atoms with Gasteiger partial charge in [0.1, 0.15) is 0 Å². The Morgan fingerprint density at radius 1 is 1.42 bits per heavy atom. The Bertz CT molecular complexity index is 281. The molecule has 0 aromatic heterocycles. The van der Waals surface area contributed by atoms with Crippen LogP contribution in [-0.4, -0.2) is 22.2 Å². The molecular weight excluding hydrogens is 143 g/mol. The Balaban J connectivity index is 2.63. The molecule has 0 fully saturated rings. The molecule has 1 aromatic rings. The predicted molar refractivity (Wildman–Crippen MR) is 50.3 cm³/mol. The van der Waals surface area contributed by atoms with Gasteiger partial charge < -0.3 is 0 Å². The second kappa shape index (κ2) is 4.50. The first-order valence-electron chi connectivity index (χ1n) is 4.24. The zero-order valence-electron chi connectivity index (χ0n) is 7.63. The van der Waals surface area contributed by atoms with Crippen LogP contribution in [0.25, 0.3) is 0 Å². The first-order chi connectivity index (χ1) is 5.70. The van der Waals surface area contributed by atoms with Gasteiger partial charge in [-0.15, -0.1) is 0 Å². The second-order valence-corrected chi connectivity index (χ2v) is 3.13.